The average molecular weight is 477 g/mol. The van der Waals surface area contributed by atoms with Gasteiger partial charge in [-0.1, -0.05) is 19.4 Å². The molecule has 0 fully saturated rings. The number of alkyl halides is 6. The number of aromatic nitrogens is 1. The van der Waals surface area contributed by atoms with Gasteiger partial charge in [0.25, 0.3) is 11.2 Å². The van der Waals surface area contributed by atoms with Gasteiger partial charge in [-0.3, -0.25) is 4.79 Å². The zero-order valence-electron chi connectivity index (χ0n) is 17.4. The molecule has 0 aliphatic carbocycles. The van der Waals surface area contributed by atoms with Gasteiger partial charge >= 0.3 is 12.4 Å². The first-order valence-electron chi connectivity index (χ1n) is 10.1. The van der Waals surface area contributed by atoms with Gasteiger partial charge in [0.15, 0.2) is 0 Å². The molecule has 3 rings (SSSR count). The maximum Gasteiger partial charge on any atom is 0.430 e. The predicted molar refractivity (Wildman–Crippen MR) is 109 cm³/mol. The molecule has 5 nitrogen and oxygen atoms in total. The number of aryl methyl sites for hydroxylation is 1. The summed E-state index contributed by atoms with van der Waals surface area (Å²) in [4.78, 5) is 13.0. The Morgan fingerprint density at radius 3 is 2.18 bits per heavy atom. The Morgan fingerprint density at radius 1 is 0.939 bits per heavy atom. The zero-order chi connectivity index (χ0) is 24.6. The molecule has 11 heteroatoms. The minimum Gasteiger partial charge on any atom is -0.491 e. The Kier molecular flexibility index (Phi) is 6.67. The molecule has 2 N–H and O–H groups in total. The van der Waals surface area contributed by atoms with Crippen molar-refractivity contribution in [2.45, 2.75) is 44.3 Å². The molecule has 0 aliphatic rings. The maximum atomic E-state index is 13.4. The Morgan fingerprint density at radius 2 is 1.61 bits per heavy atom. The minimum absolute atomic E-state index is 0.0618. The van der Waals surface area contributed by atoms with Crippen LogP contribution in [0.3, 0.4) is 0 Å². The van der Waals surface area contributed by atoms with E-state index in [1.54, 1.807) is 0 Å². The van der Waals surface area contributed by atoms with Gasteiger partial charge in [-0.15, -0.1) is 0 Å². The third-order valence-electron chi connectivity index (χ3n) is 5.38. The number of fused-ring (bicyclic) bond motifs is 3. The third-order valence-corrected chi connectivity index (χ3v) is 5.38. The van der Waals surface area contributed by atoms with Crippen molar-refractivity contribution < 1.29 is 41.3 Å². The first-order chi connectivity index (χ1) is 15.4. The van der Waals surface area contributed by atoms with E-state index in [1.807, 2.05) is 6.92 Å². The van der Waals surface area contributed by atoms with Crippen LogP contribution in [-0.4, -0.2) is 40.3 Å². The molecule has 0 unspecified atom stereocenters. The van der Waals surface area contributed by atoms with Crippen LogP contribution in [0.25, 0.3) is 21.7 Å². The number of halogens is 6. The Bertz CT molecular complexity index is 1200. The largest absolute Gasteiger partial charge is 0.491 e. The van der Waals surface area contributed by atoms with Gasteiger partial charge in [0.2, 0.25) is 0 Å². The van der Waals surface area contributed by atoms with Crippen LogP contribution in [0, 0.1) is 0 Å². The average Bonchev–Trinajstić information content (AvgIpc) is 2.75. The molecule has 33 heavy (non-hydrogen) atoms. The number of pyridine rings is 1. The molecule has 0 amide bonds. The van der Waals surface area contributed by atoms with E-state index in [4.69, 9.17) is 9.84 Å². The number of nitrogens with zero attached hydrogens (tertiary/aromatic N) is 1. The Hall–Kier alpha value is -2.79. The van der Waals surface area contributed by atoms with E-state index in [9.17, 15) is 36.2 Å². The first kappa shape index (κ1) is 24.8. The molecule has 0 bridgehead atoms. The fourth-order valence-corrected chi connectivity index (χ4v) is 3.68. The van der Waals surface area contributed by atoms with Gasteiger partial charge in [0.05, 0.1) is 12.1 Å². The van der Waals surface area contributed by atoms with E-state index in [2.05, 4.69) is 0 Å². The Labute approximate surface area is 183 Å². The summed E-state index contributed by atoms with van der Waals surface area (Å²) in [5, 5.41) is 18.8. The van der Waals surface area contributed by atoms with Crippen molar-refractivity contribution in [3.05, 3.63) is 52.3 Å². The summed E-state index contributed by atoms with van der Waals surface area (Å²) in [7, 11) is 0. The molecule has 0 aliphatic heterocycles. The number of aliphatic hydroxyl groups is 2. The van der Waals surface area contributed by atoms with E-state index in [1.165, 1.54) is 22.8 Å². The molecule has 0 atom stereocenters. The van der Waals surface area contributed by atoms with Crippen LogP contribution in [0.5, 0.6) is 5.75 Å². The second-order valence-corrected chi connectivity index (χ2v) is 7.53. The molecular formula is C22H21F6NO4. The fourth-order valence-electron chi connectivity index (χ4n) is 3.68. The van der Waals surface area contributed by atoms with Crippen LogP contribution >= 0.6 is 0 Å². The molecule has 180 valence electrons. The molecule has 0 spiro atoms. The molecule has 1 aromatic heterocycles. The molecule has 0 saturated heterocycles. The van der Waals surface area contributed by atoms with Crippen molar-refractivity contribution in [2.75, 3.05) is 13.2 Å². The summed E-state index contributed by atoms with van der Waals surface area (Å²) in [5.74, 6) is 0.163. The molecular weight excluding hydrogens is 456 g/mol. The normalized spacial score (nSPS) is 13.1. The fraction of sp³-hybridized carbons (Fsp3) is 0.409. The lowest BCUT2D eigenvalue weighted by atomic mass is 9.90. The monoisotopic (exact) mass is 477 g/mol. The summed E-state index contributed by atoms with van der Waals surface area (Å²) >= 11 is 0. The third kappa shape index (κ3) is 4.26. The van der Waals surface area contributed by atoms with E-state index >= 15 is 0 Å². The van der Waals surface area contributed by atoms with Crippen molar-refractivity contribution in [1.29, 1.82) is 0 Å². The number of ether oxygens (including phenoxy) is 1. The number of aliphatic hydroxyl groups excluding tert-OH is 1. The van der Waals surface area contributed by atoms with Crippen LogP contribution in [0.1, 0.15) is 25.3 Å². The highest BCUT2D eigenvalue weighted by Gasteiger charge is 2.71. The van der Waals surface area contributed by atoms with Gasteiger partial charge in [0, 0.05) is 28.3 Å². The van der Waals surface area contributed by atoms with Crippen LogP contribution in [-0.2, 0) is 12.1 Å². The van der Waals surface area contributed by atoms with Crippen LogP contribution in [0.4, 0.5) is 26.3 Å². The molecule has 1 heterocycles. The van der Waals surface area contributed by atoms with E-state index in [0.29, 0.717) is 25.0 Å². The lowest BCUT2D eigenvalue weighted by Gasteiger charge is -2.33. The number of rotatable bonds is 7. The quantitative estimate of drug-likeness (QED) is 0.384. The summed E-state index contributed by atoms with van der Waals surface area (Å²) in [6.07, 6.45) is -10.8. The predicted octanol–water partition coefficient (Wildman–Crippen LogP) is 4.64. The highest BCUT2D eigenvalue weighted by atomic mass is 19.4. The lowest BCUT2D eigenvalue weighted by Crippen LogP contribution is -2.53. The van der Waals surface area contributed by atoms with Gasteiger partial charge < -0.3 is 19.5 Å². The van der Waals surface area contributed by atoms with Crippen molar-refractivity contribution in [3.8, 4) is 5.75 Å². The summed E-state index contributed by atoms with van der Waals surface area (Å²) < 4.78 is 87.2. The van der Waals surface area contributed by atoms with Crippen LogP contribution in [0.2, 0.25) is 0 Å². The van der Waals surface area contributed by atoms with E-state index < -0.39 is 29.1 Å². The highest BCUT2D eigenvalue weighted by molar-refractivity contribution is 6.06. The highest BCUT2D eigenvalue weighted by Crippen LogP contribution is 2.50. The zero-order valence-corrected chi connectivity index (χ0v) is 17.4. The summed E-state index contributed by atoms with van der Waals surface area (Å²) in [6, 6.07) is 6.20. The molecule has 0 saturated carbocycles. The van der Waals surface area contributed by atoms with Crippen molar-refractivity contribution in [1.82, 2.24) is 4.57 Å². The van der Waals surface area contributed by atoms with Gasteiger partial charge in [-0.2, -0.15) is 26.3 Å². The van der Waals surface area contributed by atoms with Crippen LogP contribution in [0.15, 0.2) is 41.2 Å². The van der Waals surface area contributed by atoms with Crippen molar-refractivity contribution in [2.24, 2.45) is 0 Å². The number of benzene rings is 2. The second-order valence-electron chi connectivity index (χ2n) is 7.53. The number of hydrogen-bond acceptors (Lipinski definition) is 4. The maximum absolute atomic E-state index is 13.4. The summed E-state index contributed by atoms with van der Waals surface area (Å²) in [5.41, 5.74) is -6.86. The molecule has 2 aromatic carbocycles. The smallest absolute Gasteiger partial charge is 0.430 e. The van der Waals surface area contributed by atoms with Crippen LogP contribution < -0.4 is 10.3 Å². The lowest BCUT2D eigenvalue weighted by molar-refractivity contribution is -0.376. The minimum atomic E-state index is -6.04. The standard InChI is InChI=1S/C22H21F6NO4/c1-2-3-8-29-18-7-4-13(20(32,21(23,24)25)22(26,27)28)11-17(18)16-12-14(33-10-9-30)5-6-15(16)19(29)31/h4-7,11-12,30,32H,2-3,8-10H2,1H3. The van der Waals surface area contributed by atoms with Gasteiger partial charge in [0.1, 0.15) is 12.4 Å². The van der Waals surface area contributed by atoms with Gasteiger partial charge in [-0.25, -0.2) is 0 Å². The van der Waals surface area contributed by atoms with E-state index in [-0.39, 0.29) is 47.2 Å². The SMILES string of the molecule is CCCCn1c(=O)c2ccc(OCCO)cc2c2cc(C(O)(C(F)(F)F)C(F)(F)F)ccc21. The van der Waals surface area contributed by atoms with Crippen molar-refractivity contribution >= 4 is 21.7 Å². The first-order valence-corrected chi connectivity index (χ1v) is 10.1. The van der Waals surface area contributed by atoms with Crippen molar-refractivity contribution in [3.63, 3.8) is 0 Å². The second kappa shape index (κ2) is 8.86. The summed E-state index contributed by atoms with van der Waals surface area (Å²) in [6.45, 7) is 1.63. The number of hydrogen-bond donors (Lipinski definition) is 2. The van der Waals surface area contributed by atoms with Gasteiger partial charge in [-0.05, 0) is 36.8 Å². The number of unbranched alkanes of at least 4 members (excludes halogenated alkanes) is 1. The topological polar surface area (TPSA) is 71.7 Å². The molecule has 0 radical (unpaired) electrons. The molecule has 3 aromatic rings. The Balaban J connectivity index is 2.41. The van der Waals surface area contributed by atoms with E-state index in [0.717, 1.165) is 6.07 Å².